The van der Waals surface area contributed by atoms with Crippen LogP contribution in [0.5, 0.6) is 5.75 Å². The molecule has 3 N–H and O–H groups in total. The summed E-state index contributed by atoms with van der Waals surface area (Å²) in [5, 5.41) is 2.95. The molecule has 0 spiro atoms. The van der Waals surface area contributed by atoms with Crippen molar-refractivity contribution in [3.63, 3.8) is 0 Å². The Morgan fingerprint density at radius 1 is 1.04 bits per heavy atom. The summed E-state index contributed by atoms with van der Waals surface area (Å²) in [6, 6.07) is 15.5. The summed E-state index contributed by atoms with van der Waals surface area (Å²) >= 11 is 0. The van der Waals surface area contributed by atoms with Crippen LogP contribution in [-0.2, 0) is 17.6 Å². The van der Waals surface area contributed by atoms with Gasteiger partial charge in [-0.15, -0.1) is 0 Å². The van der Waals surface area contributed by atoms with Gasteiger partial charge in [0.15, 0.2) is 0 Å². The lowest BCUT2D eigenvalue weighted by Gasteiger charge is -2.08. The van der Waals surface area contributed by atoms with E-state index < -0.39 is 0 Å². The maximum atomic E-state index is 11.9. The summed E-state index contributed by atoms with van der Waals surface area (Å²) in [6.07, 6.45) is 3.39. The zero-order valence-electron chi connectivity index (χ0n) is 14.3. The van der Waals surface area contributed by atoms with E-state index in [2.05, 4.69) is 12.2 Å². The minimum absolute atomic E-state index is 0.0271. The van der Waals surface area contributed by atoms with Gasteiger partial charge in [0, 0.05) is 12.2 Å². The lowest BCUT2D eigenvalue weighted by molar-refractivity contribution is -0.120. The molecule has 0 radical (unpaired) electrons. The molecular formula is C20H26N2O2. The van der Waals surface area contributed by atoms with E-state index >= 15 is 0 Å². The van der Waals surface area contributed by atoms with Gasteiger partial charge in [-0.3, -0.25) is 4.79 Å². The molecule has 2 rings (SSSR count). The normalized spacial score (nSPS) is 10.4. The number of carbonyl (C=O) groups excluding carboxylic acids is 1. The highest BCUT2D eigenvalue weighted by molar-refractivity contribution is 5.78. The summed E-state index contributed by atoms with van der Waals surface area (Å²) in [5.41, 5.74) is 8.50. The molecule has 4 heteroatoms. The third-order valence-corrected chi connectivity index (χ3v) is 3.77. The van der Waals surface area contributed by atoms with Crippen LogP contribution in [0.3, 0.4) is 0 Å². The Morgan fingerprint density at radius 3 is 2.38 bits per heavy atom. The molecule has 0 aliphatic heterocycles. The van der Waals surface area contributed by atoms with Crippen LogP contribution in [0, 0.1) is 0 Å². The predicted molar refractivity (Wildman–Crippen MR) is 98.1 cm³/mol. The summed E-state index contributed by atoms with van der Waals surface area (Å²) in [5.74, 6) is 0.930. The molecule has 1 amide bonds. The number of ether oxygens (including phenoxy) is 1. The minimum Gasteiger partial charge on any atom is -0.494 e. The van der Waals surface area contributed by atoms with E-state index in [1.807, 2.05) is 48.5 Å². The second-order valence-corrected chi connectivity index (χ2v) is 5.86. The lowest BCUT2D eigenvalue weighted by Crippen LogP contribution is -2.27. The van der Waals surface area contributed by atoms with Gasteiger partial charge in [0.05, 0.1) is 13.0 Å². The van der Waals surface area contributed by atoms with Crippen molar-refractivity contribution in [1.82, 2.24) is 5.32 Å². The predicted octanol–water partition coefficient (Wildman–Crippen LogP) is 3.35. The highest BCUT2D eigenvalue weighted by atomic mass is 16.5. The first-order chi connectivity index (χ1) is 11.7. The van der Waals surface area contributed by atoms with Crippen molar-refractivity contribution >= 4 is 11.6 Å². The van der Waals surface area contributed by atoms with Crippen LogP contribution in [0.15, 0.2) is 48.5 Å². The monoisotopic (exact) mass is 326 g/mol. The molecule has 0 saturated carbocycles. The average molecular weight is 326 g/mol. The summed E-state index contributed by atoms with van der Waals surface area (Å²) in [4.78, 5) is 11.9. The van der Waals surface area contributed by atoms with Crippen LogP contribution in [0.4, 0.5) is 5.69 Å². The van der Waals surface area contributed by atoms with Gasteiger partial charge in [0.2, 0.25) is 5.91 Å². The Kier molecular flexibility index (Phi) is 7.15. The number of amides is 1. The molecule has 24 heavy (non-hydrogen) atoms. The van der Waals surface area contributed by atoms with E-state index in [9.17, 15) is 4.79 Å². The quantitative estimate of drug-likeness (QED) is 0.549. The summed E-state index contributed by atoms with van der Waals surface area (Å²) in [7, 11) is 0. The molecule has 0 heterocycles. The summed E-state index contributed by atoms with van der Waals surface area (Å²) < 4.78 is 5.64. The van der Waals surface area contributed by atoms with Crippen molar-refractivity contribution in [2.45, 2.75) is 32.6 Å². The number of unbranched alkanes of at least 4 members (excludes halogenated alkanes) is 1. The van der Waals surface area contributed by atoms with Gasteiger partial charge in [-0.2, -0.15) is 0 Å². The fourth-order valence-electron chi connectivity index (χ4n) is 2.32. The van der Waals surface area contributed by atoms with Crippen LogP contribution < -0.4 is 15.8 Å². The second kappa shape index (κ2) is 9.60. The topological polar surface area (TPSA) is 64.3 Å². The molecule has 2 aromatic carbocycles. The maximum Gasteiger partial charge on any atom is 0.224 e. The van der Waals surface area contributed by atoms with E-state index in [-0.39, 0.29) is 5.91 Å². The first kappa shape index (κ1) is 17.9. The molecule has 0 fully saturated rings. The maximum absolute atomic E-state index is 11.9. The van der Waals surface area contributed by atoms with E-state index in [0.29, 0.717) is 18.7 Å². The largest absolute Gasteiger partial charge is 0.494 e. The third-order valence-electron chi connectivity index (χ3n) is 3.77. The van der Waals surface area contributed by atoms with Crippen molar-refractivity contribution in [1.29, 1.82) is 0 Å². The minimum atomic E-state index is 0.0271. The lowest BCUT2D eigenvalue weighted by atomic mass is 10.1. The first-order valence-corrected chi connectivity index (χ1v) is 8.50. The van der Waals surface area contributed by atoms with Crippen LogP contribution in [-0.4, -0.2) is 19.1 Å². The fourth-order valence-corrected chi connectivity index (χ4v) is 2.32. The average Bonchev–Trinajstić information content (AvgIpc) is 2.59. The zero-order chi connectivity index (χ0) is 17.2. The van der Waals surface area contributed by atoms with Crippen LogP contribution in [0.2, 0.25) is 0 Å². The van der Waals surface area contributed by atoms with Gasteiger partial charge in [-0.05, 0) is 48.2 Å². The molecule has 0 aliphatic carbocycles. The number of carbonyl (C=O) groups is 1. The standard InChI is InChI=1S/C20H26N2O2/c1-2-3-14-24-19-10-6-16(7-11-19)12-13-22-20(23)15-17-4-8-18(21)9-5-17/h4-11H,2-3,12-15,21H2,1H3,(H,22,23). The number of rotatable bonds is 9. The SMILES string of the molecule is CCCCOc1ccc(CCNC(=O)Cc2ccc(N)cc2)cc1. The van der Waals surface area contributed by atoms with Gasteiger partial charge in [0.25, 0.3) is 0 Å². The van der Waals surface area contributed by atoms with Crippen molar-refractivity contribution < 1.29 is 9.53 Å². The smallest absolute Gasteiger partial charge is 0.224 e. The number of anilines is 1. The number of nitrogens with two attached hydrogens (primary N) is 1. The molecule has 0 bridgehead atoms. The van der Waals surface area contributed by atoms with E-state index in [1.165, 1.54) is 5.56 Å². The number of nitrogens with one attached hydrogen (secondary N) is 1. The number of benzene rings is 2. The molecule has 4 nitrogen and oxygen atoms in total. The summed E-state index contributed by atoms with van der Waals surface area (Å²) in [6.45, 7) is 3.54. The van der Waals surface area contributed by atoms with Gasteiger partial charge < -0.3 is 15.8 Å². The Morgan fingerprint density at radius 2 is 1.71 bits per heavy atom. The number of hydrogen-bond donors (Lipinski definition) is 2. The molecule has 2 aromatic rings. The Bertz CT molecular complexity index is 621. The molecule has 0 aromatic heterocycles. The third kappa shape index (κ3) is 6.32. The van der Waals surface area contributed by atoms with Gasteiger partial charge in [0.1, 0.15) is 5.75 Å². The number of nitrogen functional groups attached to an aromatic ring is 1. The van der Waals surface area contributed by atoms with E-state index in [1.54, 1.807) is 0 Å². The highest BCUT2D eigenvalue weighted by Gasteiger charge is 2.03. The Hall–Kier alpha value is -2.49. The van der Waals surface area contributed by atoms with Crippen molar-refractivity contribution in [3.8, 4) is 5.75 Å². The molecule has 0 aliphatic rings. The molecule has 0 saturated heterocycles. The Labute approximate surface area is 144 Å². The van der Waals surface area contributed by atoms with Crippen molar-refractivity contribution in [3.05, 3.63) is 59.7 Å². The van der Waals surface area contributed by atoms with Gasteiger partial charge >= 0.3 is 0 Å². The highest BCUT2D eigenvalue weighted by Crippen LogP contribution is 2.13. The van der Waals surface area contributed by atoms with Crippen molar-refractivity contribution in [2.24, 2.45) is 0 Å². The van der Waals surface area contributed by atoms with E-state index in [4.69, 9.17) is 10.5 Å². The number of hydrogen-bond acceptors (Lipinski definition) is 3. The van der Waals surface area contributed by atoms with Crippen LogP contribution >= 0.6 is 0 Å². The van der Waals surface area contributed by atoms with Crippen LogP contribution in [0.25, 0.3) is 0 Å². The molecular weight excluding hydrogens is 300 g/mol. The van der Waals surface area contributed by atoms with E-state index in [0.717, 1.165) is 37.2 Å². The second-order valence-electron chi connectivity index (χ2n) is 5.86. The van der Waals surface area contributed by atoms with Gasteiger partial charge in [-0.1, -0.05) is 37.6 Å². The Balaban J connectivity index is 1.69. The van der Waals surface area contributed by atoms with Crippen molar-refractivity contribution in [2.75, 3.05) is 18.9 Å². The zero-order valence-corrected chi connectivity index (χ0v) is 14.3. The van der Waals surface area contributed by atoms with Gasteiger partial charge in [-0.25, -0.2) is 0 Å². The first-order valence-electron chi connectivity index (χ1n) is 8.50. The molecule has 0 atom stereocenters. The molecule has 128 valence electrons. The van der Waals surface area contributed by atoms with Crippen LogP contribution in [0.1, 0.15) is 30.9 Å². The fraction of sp³-hybridized carbons (Fsp3) is 0.350. The molecule has 0 unspecified atom stereocenters.